The van der Waals surface area contributed by atoms with Crippen LogP contribution in [-0.2, 0) is 9.59 Å². The molecule has 0 radical (unpaired) electrons. The number of nitro groups is 1. The Morgan fingerprint density at radius 1 is 1.48 bits per heavy atom. The van der Waals surface area contributed by atoms with Crippen molar-refractivity contribution in [2.75, 3.05) is 12.3 Å². The second kappa shape index (κ2) is 7.65. The maximum absolute atomic E-state index is 12.3. The van der Waals surface area contributed by atoms with Crippen LogP contribution in [-0.4, -0.2) is 45.1 Å². The SMILES string of the molecule is O=C(O)CC1CCCN1C(=O)CSc1ccc(Cl)cc1[N+](=O)[O-]. The molecule has 1 N–H and O–H groups in total. The minimum Gasteiger partial charge on any atom is -0.481 e. The molecule has 1 fully saturated rings. The van der Waals surface area contributed by atoms with E-state index in [0.717, 1.165) is 18.2 Å². The molecule has 0 spiro atoms. The molecule has 1 aromatic rings. The van der Waals surface area contributed by atoms with E-state index in [0.29, 0.717) is 17.9 Å². The molecule has 1 atom stereocenters. The monoisotopic (exact) mass is 358 g/mol. The van der Waals surface area contributed by atoms with Crippen LogP contribution in [0.25, 0.3) is 0 Å². The number of halogens is 1. The number of thioether (sulfide) groups is 1. The number of hydrogen-bond acceptors (Lipinski definition) is 5. The number of carboxylic acids is 1. The first-order chi connectivity index (χ1) is 10.9. The first-order valence-electron chi connectivity index (χ1n) is 6.96. The maximum atomic E-state index is 12.3. The van der Waals surface area contributed by atoms with E-state index in [9.17, 15) is 19.7 Å². The zero-order chi connectivity index (χ0) is 17.0. The Hall–Kier alpha value is -1.80. The van der Waals surface area contributed by atoms with Crippen molar-refractivity contribution in [2.24, 2.45) is 0 Å². The topological polar surface area (TPSA) is 101 Å². The molecule has 2 rings (SSSR count). The quantitative estimate of drug-likeness (QED) is 0.476. The molecule has 23 heavy (non-hydrogen) atoms. The van der Waals surface area contributed by atoms with Gasteiger partial charge in [-0.2, -0.15) is 0 Å². The van der Waals surface area contributed by atoms with Crippen molar-refractivity contribution in [1.29, 1.82) is 0 Å². The van der Waals surface area contributed by atoms with Gasteiger partial charge in [0.1, 0.15) is 0 Å². The van der Waals surface area contributed by atoms with Crippen molar-refractivity contribution in [3.63, 3.8) is 0 Å². The van der Waals surface area contributed by atoms with E-state index in [1.54, 1.807) is 4.90 Å². The van der Waals surface area contributed by atoms with Crippen LogP contribution in [0, 0.1) is 10.1 Å². The summed E-state index contributed by atoms with van der Waals surface area (Å²) in [5, 5.41) is 20.2. The number of hydrogen-bond donors (Lipinski definition) is 1. The molecule has 1 aliphatic rings. The van der Waals surface area contributed by atoms with Gasteiger partial charge in [-0.25, -0.2) is 0 Å². The summed E-state index contributed by atoms with van der Waals surface area (Å²) in [6.07, 6.45) is 1.37. The highest BCUT2D eigenvalue weighted by molar-refractivity contribution is 8.00. The van der Waals surface area contributed by atoms with E-state index in [1.807, 2.05) is 0 Å². The standard InChI is InChI=1S/C14H15ClN2O5S/c15-9-3-4-12(11(6-9)17(21)22)23-8-13(18)16-5-1-2-10(16)7-14(19)20/h3-4,6,10H,1-2,5,7-8H2,(H,19,20). The lowest BCUT2D eigenvalue weighted by Crippen LogP contribution is -2.37. The molecule has 7 nitrogen and oxygen atoms in total. The Balaban J connectivity index is 2.02. The summed E-state index contributed by atoms with van der Waals surface area (Å²) in [6, 6.07) is 4.00. The van der Waals surface area contributed by atoms with Gasteiger partial charge in [0.05, 0.1) is 22.0 Å². The van der Waals surface area contributed by atoms with Crippen molar-refractivity contribution >= 4 is 40.9 Å². The normalized spacial score (nSPS) is 17.3. The molecule has 1 amide bonds. The fraction of sp³-hybridized carbons (Fsp3) is 0.429. The van der Waals surface area contributed by atoms with E-state index in [-0.39, 0.29) is 34.8 Å². The lowest BCUT2D eigenvalue weighted by Gasteiger charge is -2.23. The summed E-state index contributed by atoms with van der Waals surface area (Å²) in [4.78, 5) is 35.5. The summed E-state index contributed by atoms with van der Waals surface area (Å²) >= 11 is 6.81. The van der Waals surface area contributed by atoms with Crippen LogP contribution in [0.5, 0.6) is 0 Å². The lowest BCUT2D eigenvalue weighted by molar-refractivity contribution is -0.387. The van der Waals surface area contributed by atoms with Crippen LogP contribution >= 0.6 is 23.4 Å². The van der Waals surface area contributed by atoms with Gasteiger partial charge in [0, 0.05) is 23.7 Å². The summed E-state index contributed by atoms with van der Waals surface area (Å²) < 4.78 is 0. The average molecular weight is 359 g/mol. The van der Waals surface area contributed by atoms with E-state index < -0.39 is 10.9 Å². The number of carboxylic acid groups (broad SMARTS) is 1. The highest BCUT2D eigenvalue weighted by Crippen LogP contribution is 2.32. The number of nitro benzene ring substituents is 1. The molecule has 0 aromatic heterocycles. The first kappa shape index (κ1) is 17.6. The van der Waals surface area contributed by atoms with Crippen LogP contribution in [0.2, 0.25) is 5.02 Å². The lowest BCUT2D eigenvalue weighted by atomic mass is 10.1. The van der Waals surface area contributed by atoms with Crippen LogP contribution in [0.15, 0.2) is 23.1 Å². The van der Waals surface area contributed by atoms with E-state index in [2.05, 4.69) is 0 Å². The predicted molar refractivity (Wildman–Crippen MR) is 85.8 cm³/mol. The number of amides is 1. The van der Waals surface area contributed by atoms with Crippen molar-refractivity contribution in [3.05, 3.63) is 33.3 Å². The fourth-order valence-electron chi connectivity index (χ4n) is 2.56. The van der Waals surface area contributed by atoms with Crippen molar-refractivity contribution in [2.45, 2.75) is 30.2 Å². The van der Waals surface area contributed by atoms with Crippen molar-refractivity contribution in [1.82, 2.24) is 4.90 Å². The van der Waals surface area contributed by atoms with Crippen molar-refractivity contribution < 1.29 is 19.6 Å². The third kappa shape index (κ3) is 4.59. The molecule has 0 bridgehead atoms. The van der Waals surface area contributed by atoms with Crippen LogP contribution in [0.4, 0.5) is 5.69 Å². The Kier molecular flexibility index (Phi) is 5.84. The maximum Gasteiger partial charge on any atom is 0.305 e. The summed E-state index contributed by atoms with van der Waals surface area (Å²) in [6.45, 7) is 0.528. The molecule has 9 heteroatoms. The summed E-state index contributed by atoms with van der Waals surface area (Å²) in [7, 11) is 0. The van der Waals surface area contributed by atoms with Gasteiger partial charge in [0.2, 0.25) is 5.91 Å². The minimum atomic E-state index is -0.935. The fourth-order valence-corrected chi connectivity index (χ4v) is 3.61. The van der Waals surface area contributed by atoms with E-state index in [4.69, 9.17) is 16.7 Å². The number of aliphatic carboxylic acids is 1. The number of carbonyl (C=O) groups excluding carboxylic acids is 1. The van der Waals surface area contributed by atoms with Gasteiger partial charge >= 0.3 is 5.97 Å². The first-order valence-corrected chi connectivity index (χ1v) is 8.33. The van der Waals surface area contributed by atoms with E-state index in [1.165, 1.54) is 18.2 Å². The van der Waals surface area contributed by atoms with Gasteiger partial charge in [-0.3, -0.25) is 19.7 Å². The largest absolute Gasteiger partial charge is 0.481 e. The summed E-state index contributed by atoms with van der Waals surface area (Å²) in [5.41, 5.74) is -0.140. The van der Waals surface area contributed by atoms with Gasteiger partial charge < -0.3 is 10.0 Å². The Morgan fingerprint density at radius 2 is 2.22 bits per heavy atom. The Labute approximate surface area is 141 Å². The third-order valence-electron chi connectivity index (χ3n) is 3.58. The molecule has 0 aliphatic carbocycles. The third-order valence-corrected chi connectivity index (χ3v) is 4.86. The zero-order valence-corrected chi connectivity index (χ0v) is 13.7. The molecular weight excluding hydrogens is 344 g/mol. The molecule has 1 unspecified atom stereocenters. The second-order valence-corrected chi connectivity index (χ2v) is 6.59. The highest BCUT2D eigenvalue weighted by Gasteiger charge is 2.30. The molecule has 1 aliphatic heterocycles. The van der Waals surface area contributed by atoms with Crippen LogP contribution in [0.1, 0.15) is 19.3 Å². The second-order valence-electron chi connectivity index (χ2n) is 5.14. The van der Waals surface area contributed by atoms with Gasteiger partial charge in [0.25, 0.3) is 5.69 Å². The molecule has 1 heterocycles. The van der Waals surface area contributed by atoms with Crippen LogP contribution in [0.3, 0.4) is 0 Å². The van der Waals surface area contributed by atoms with E-state index >= 15 is 0 Å². The van der Waals surface area contributed by atoms with Gasteiger partial charge in [-0.1, -0.05) is 11.6 Å². The highest BCUT2D eigenvalue weighted by atomic mass is 35.5. The minimum absolute atomic E-state index is 0.0264. The molecule has 1 aromatic carbocycles. The predicted octanol–water partition coefficient (Wildman–Crippen LogP) is 2.81. The van der Waals surface area contributed by atoms with Gasteiger partial charge in [-0.05, 0) is 25.0 Å². The number of nitrogens with zero attached hydrogens (tertiary/aromatic N) is 2. The molecule has 1 saturated heterocycles. The number of rotatable bonds is 6. The number of carbonyl (C=O) groups is 2. The van der Waals surface area contributed by atoms with Gasteiger partial charge in [-0.15, -0.1) is 11.8 Å². The average Bonchev–Trinajstić information content (AvgIpc) is 2.92. The zero-order valence-electron chi connectivity index (χ0n) is 12.1. The van der Waals surface area contributed by atoms with Crippen molar-refractivity contribution in [3.8, 4) is 0 Å². The number of benzene rings is 1. The Morgan fingerprint density at radius 3 is 2.87 bits per heavy atom. The smallest absolute Gasteiger partial charge is 0.305 e. The number of likely N-dealkylation sites (tertiary alicyclic amines) is 1. The van der Waals surface area contributed by atoms with Gasteiger partial charge in [0.15, 0.2) is 0 Å². The molecular formula is C14H15ClN2O5S. The van der Waals surface area contributed by atoms with Crippen LogP contribution < -0.4 is 0 Å². The Bertz CT molecular complexity index is 640. The summed E-state index contributed by atoms with van der Waals surface area (Å²) in [5.74, 6) is -1.11. The molecule has 0 saturated carbocycles. The molecule has 124 valence electrons.